The third-order valence-electron chi connectivity index (χ3n) is 3.23. The van der Waals surface area contributed by atoms with Crippen molar-refractivity contribution in [3.8, 4) is 0 Å². The lowest BCUT2D eigenvalue weighted by Crippen LogP contribution is -2.14. The van der Waals surface area contributed by atoms with Crippen molar-refractivity contribution in [3.63, 3.8) is 0 Å². The van der Waals surface area contributed by atoms with Gasteiger partial charge in [-0.3, -0.25) is 4.98 Å². The summed E-state index contributed by atoms with van der Waals surface area (Å²) in [6.07, 6.45) is 7.04. The maximum atomic E-state index is 4.34. The molecule has 2 rings (SSSR count). The number of alkyl halides is 1. The molecule has 0 saturated carbocycles. The van der Waals surface area contributed by atoms with E-state index >= 15 is 0 Å². The van der Waals surface area contributed by atoms with E-state index in [-0.39, 0.29) is 0 Å². The van der Waals surface area contributed by atoms with Gasteiger partial charge in [0, 0.05) is 23.5 Å². The quantitative estimate of drug-likeness (QED) is 0.580. The van der Waals surface area contributed by atoms with Gasteiger partial charge >= 0.3 is 0 Å². The van der Waals surface area contributed by atoms with Gasteiger partial charge in [0.25, 0.3) is 0 Å². The first-order valence-electron chi connectivity index (χ1n) is 7.00. The van der Waals surface area contributed by atoms with Gasteiger partial charge in [-0.15, -0.1) is 0 Å². The molecule has 0 bridgehead atoms. The van der Waals surface area contributed by atoms with Crippen molar-refractivity contribution in [1.82, 2.24) is 10.3 Å². The lowest BCUT2D eigenvalue weighted by molar-refractivity contribution is 0.600. The van der Waals surface area contributed by atoms with Crippen molar-refractivity contribution >= 4 is 26.8 Å². The summed E-state index contributed by atoms with van der Waals surface area (Å²) >= 11 is 3.46. The predicted molar refractivity (Wildman–Crippen MR) is 85.7 cm³/mol. The van der Waals surface area contributed by atoms with E-state index in [2.05, 4.69) is 50.5 Å². The van der Waals surface area contributed by atoms with E-state index in [4.69, 9.17) is 0 Å². The number of nitrogens with zero attached hydrogens (tertiary/aromatic N) is 1. The molecule has 0 fully saturated rings. The number of fused-ring (bicyclic) bond motifs is 1. The van der Waals surface area contributed by atoms with Crippen LogP contribution in [0.1, 0.15) is 31.2 Å². The highest BCUT2D eigenvalue weighted by Gasteiger charge is 1.97. The molecule has 0 atom stereocenters. The monoisotopic (exact) mass is 320 g/mol. The molecule has 1 aromatic carbocycles. The highest BCUT2D eigenvalue weighted by atomic mass is 79.9. The molecule has 2 aromatic rings. The zero-order chi connectivity index (χ0) is 13.3. The minimum absolute atomic E-state index is 0.948. The molecule has 0 aliphatic carbocycles. The van der Waals surface area contributed by atoms with Crippen molar-refractivity contribution in [2.24, 2.45) is 0 Å². The van der Waals surface area contributed by atoms with E-state index in [9.17, 15) is 0 Å². The topological polar surface area (TPSA) is 24.9 Å². The van der Waals surface area contributed by atoms with Gasteiger partial charge in [-0.05, 0) is 43.1 Å². The van der Waals surface area contributed by atoms with E-state index in [0.29, 0.717) is 0 Å². The molecule has 0 aliphatic heterocycles. The Hall–Kier alpha value is -0.930. The fraction of sp³-hybridized carbons (Fsp3) is 0.438. The maximum Gasteiger partial charge on any atom is 0.0702 e. The number of unbranched alkanes of at least 4 members (excludes halogenated alkanes) is 3. The van der Waals surface area contributed by atoms with Crippen LogP contribution in [0.4, 0.5) is 0 Å². The van der Waals surface area contributed by atoms with Gasteiger partial charge in [-0.1, -0.05) is 40.9 Å². The van der Waals surface area contributed by atoms with Crippen molar-refractivity contribution in [1.29, 1.82) is 0 Å². The fourth-order valence-corrected chi connectivity index (χ4v) is 2.56. The van der Waals surface area contributed by atoms with E-state index in [0.717, 1.165) is 23.9 Å². The molecule has 1 N–H and O–H groups in total. The maximum absolute atomic E-state index is 4.34. The summed E-state index contributed by atoms with van der Waals surface area (Å²) in [6, 6.07) is 10.6. The highest BCUT2D eigenvalue weighted by molar-refractivity contribution is 9.09. The number of nitrogens with one attached hydrogen (secondary N) is 1. The Bertz CT molecular complexity index is 499. The van der Waals surface area contributed by atoms with Crippen LogP contribution < -0.4 is 5.32 Å². The first kappa shape index (κ1) is 14.5. The molecule has 2 nitrogen and oxygen atoms in total. The largest absolute Gasteiger partial charge is 0.313 e. The van der Waals surface area contributed by atoms with E-state index in [1.54, 1.807) is 0 Å². The minimum atomic E-state index is 0.948. The lowest BCUT2D eigenvalue weighted by Gasteiger charge is -2.06. The summed E-state index contributed by atoms with van der Waals surface area (Å²) in [6.45, 7) is 2.05. The molecule has 0 amide bonds. The lowest BCUT2D eigenvalue weighted by atomic mass is 10.1. The van der Waals surface area contributed by atoms with Crippen LogP contribution in [0.5, 0.6) is 0 Å². The summed E-state index contributed by atoms with van der Waals surface area (Å²) in [7, 11) is 0. The Morgan fingerprint density at radius 1 is 1.05 bits per heavy atom. The van der Waals surface area contributed by atoms with Gasteiger partial charge < -0.3 is 5.32 Å². The summed E-state index contributed by atoms with van der Waals surface area (Å²) in [5.74, 6) is 0. The molecule has 0 aliphatic rings. The van der Waals surface area contributed by atoms with Crippen molar-refractivity contribution in [2.75, 3.05) is 11.9 Å². The van der Waals surface area contributed by atoms with Crippen LogP contribution >= 0.6 is 15.9 Å². The van der Waals surface area contributed by atoms with Crippen LogP contribution in [0.25, 0.3) is 10.9 Å². The van der Waals surface area contributed by atoms with E-state index in [1.165, 1.54) is 36.6 Å². The van der Waals surface area contributed by atoms with Gasteiger partial charge in [0.1, 0.15) is 0 Å². The average molecular weight is 321 g/mol. The van der Waals surface area contributed by atoms with Crippen molar-refractivity contribution in [2.45, 2.75) is 32.2 Å². The molecule has 1 heterocycles. The molecule has 0 radical (unpaired) electrons. The molecular weight excluding hydrogens is 300 g/mol. The summed E-state index contributed by atoms with van der Waals surface area (Å²) in [5, 5.41) is 5.86. The van der Waals surface area contributed by atoms with Crippen LogP contribution in [0, 0.1) is 0 Å². The molecule has 0 saturated heterocycles. The molecule has 3 heteroatoms. The number of halogens is 1. The standard InChI is InChI=1S/C16H21BrN2/c17-9-3-1-2-4-10-18-13-14-7-8-16-15(12-14)6-5-11-19-16/h5-8,11-12,18H,1-4,9-10,13H2. The third-order valence-corrected chi connectivity index (χ3v) is 3.79. The fourth-order valence-electron chi connectivity index (χ4n) is 2.17. The Labute approximate surface area is 123 Å². The van der Waals surface area contributed by atoms with Gasteiger partial charge in [0.05, 0.1) is 5.52 Å². The van der Waals surface area contributed by atoms with Crippen molar-refractivity contribution < 1.29 is 0 Å². The Balaban J connectivity index is 1.72. The molecule has 0 unspecified atom stereocenters. The number of pyridine rings is 1. The Morgan fingerprint density at radius 2 is 1.95 bits per heavy atom. The SMILES string of the molecule is BrCCCCCCNCc1ccc2ncccc2c1. The van der Waals surface area contributed by atoms with Gasteiger partial charge in [0.2, 0.25) is 0 Å². The number of aromatic nitrogens is 1. The minimum Gasteiger partial charge on any atom is -0.313 e. The number of benzene rings is 1. The molecular formula is C16H21BrN2. The third kappa shape index (κ3) is 4.92. The van der Waals surface area contributed by atoms with Crippen LogP contribution in [-0.2, 0) is 6.54 Å². The first-order chi connectivity index (χ1) is 9.40. The predicted octanol–water partition coefficient (Wildman–Crippen LogP) is 4.28. The normalized spacial score (nSPS) is 11.0. The van der Waals surface area contributed by atoms with Crippen LogP contribution in [-0.4, -0.2) is 16.9 Å². The van der Waals surface area contributed by atoms with E-state index < -0.39 is 0 Å². The second-order valence-corrected chi connectivity index (χ2v) is 5.60. The molecule has 1 aromatic heterocycles. The van der Waals surface area contributed by atoms with Crippen LogP contribution in [0.3, 0.4) is 0 Å². The summed E-state index contributed by atoms with van der Waals surface area (Å²) < 4.78 is 0. The van der Waals surface area contributed by atoms with Gasteiger partial charge in [-0.2, -0.15) is 0 Å². The van der Waals surface area contributed by atoms with Crippen LogP contribution in [0.15, 0.2) is 36.5 Å². The Morgan fingerprint density at radius 3 is 2.84 bits per heavy atom. The molecule has 0 spiro atoms. The smallest absolute Gasteiger partial charge is 0.0702 e. The number of rotatable bonds is 8. The number of hydrogen-bond acceptors (Lipinski definition) is 2. The van der Waals surface area contributed by atoms with Crippen LogP contribution in [0.2, 0.25) is 0 Å². The second-order valence-electron chi connectivity index (χ2n) is 4.81. The van der Waals surface area contributed by atoms with Gasteiger partial charge in [-0.25, -0.2) is 0 Å². The summed E-state index contributed by atoms with van der Waals surface area (Å²) in [5.41, 5.74) is 2.40. The van der Waals surface area contributed by atoms with Crippen molar-refractivity contribution in [3.05, 3.63) is 42.1 Å². The van der Waals surface area contributed by atoms with Gasteiger partial charge in [0.15, 0.2) is 0 Å². The molecule has 19 heavy (non-hydrogen) atoms. The zero-order valence-electron chi connectivity index (χ0n) is 11.2. The molecule has 102 valence electrons. The zero-order valence-corrected chi connectivity index (χ0v) is 12.8. The first-order valence-corrected chi connectivity index (χ1v) is 8.12. The second kappa shape index (κ2) is 8.28. The highest BCUT2D eigenvalue weighted by Crippen LogP contribution is 2.13. The summed E-state index contributed by atoms with van der Waals surface area (Å²) in [4.78, 5) is 4.34. The Kier molecular flexibility index (Phi) is 6.31. The number of hydrogen-bond donors (Lipinski definition) is 1. The average Bonchev–Trinajstić information content (AvgIpc) is 2.46. The van der Waals surface area contributed by atoms with E-state index in [1.807, 2.05) is 12.3 Å².